The molecule has 1 aromatic rings. The van der Waals surface area contributed by atoms with Gasteiger partial charge in [-0.05, 0) is 35.2 Å². The summed E-state index contributed by atoms with van der Waals surface area (Å²) in [5, 5.41) is 7.39. The number of ether oxygens (including phenoxy) is 2. The van der Waals surface area contributed by atoms with Crippen molar-refractivity contribution < 1.29 is 9.47 Å². The Morgan fingerprint density at radius 2 is 2.25 bits per heavy atom. The zero-order valence-corrected chi connectivity index (χ0v) is 13.4. The second kappa shape index (κ2) is 6.69. The van der Waals surface area contributed by atoms with Crippen molar-refractivity contribution in [2.75, 3.05) is 32.7 Å². The molecule has 0 amide bonds. The third kappa shape index (κ3) is 3.21. The van der Waals surface area contributed by atoms with Crippen molar-refractivity contribution in [3.8, 4) is 0 Å². The highest BCUT2D eigenvalue weighted by Gasteiger charge is 2.36. The zero-order valence-electron chi connectivity index (χ0n) is 11.8. The molecule has 1 aliphatic rings. The first-order valence-corrected chi connectivity index (χ1v) is 7.45. The van der Waals surface area contributed by atoms with Gasteiger partial charge in [0.25, 0.3) is 5.56 Å². The first kappa shape index (κ1) is 15.5. The van der Waals surface area contributed by atoms with E-state index in [0.717, 1.165) is 12.8 Å². The van der Waals surface area contributed by atoms with Gasteiger partial charge in [-0.3, -0.25) is 4.79 Å². The van der Waals surface area contributed by atoms with E-state index in [1.807, 2.05) is 0 Å². The predicted octanol–water partition coefficient (Wildman–Crippen LogP) is 1.63. The van der Waals surface area contributed by atoms with Crippen LogP contribution in [0.4, 0.5) is 5.69 Å². The lowest BCUT2D eigenvalue weighted by Crippen LogP contribution is -2.45. The van der Waals surface area contributed by atoms with Crippen LogP contribution in [0.2, 0.25) is 0 Å². The Labute approximate surface area is 126 Å². The number of rotatable bonds is 7. The molecule has 0 aromatic carbocycles. The Kier molecular flexibility index (Phi) is 5.17. The largest absolute Gasteiger partial charge is 0.383 e. The summed E-state index contributed by atoms with van der Waals surface area (Å²) in [5.41, 5.74) is 0.448. The van der Waals surface area contributed by atoms with Crippen molar-refractivity contribution >= 4 is 21.6 Å². The van der Waals surface area contributed by atoms with E-state index in [-0.39, 0.29) is 11.2 Å². The Bertz CT molecular complexity index is 509. The van der Waals surface area contributed by atoms with Gasteiger partial charge in [-0.25, -0.2) is 4.68 Å². The molecule has 1 fully saturated rings. The SMILES string of the molecule is COCCn1ncc(NCC2(OC)CCC2)c(Br)c1=O. The van der Waals surface area contributed by atoms with Gasteiger partial charge in [-0.15, -0.1) is 0 Å². The molecule has 20 heavy (non-hydrogen) atoms. The van der Waals surface area contributed by atoms with Crippen molar-refractivity contribution in [1.29, 1.82) is 0 Å². The van der Waals surface area contributed by atoms with Crippen LogP contribution in [0.15, 0.2) is 15.5 Å². The van der Waals surface area contributed by atoms with Crippen LogP contribution in [-0.4, -0.2) is 42.8 Å². The van der Waals surface area contributed by atoms with E-state index in [1.165, 1.54) is 11.1 Å². The van der Waals surface area contributed by atoms with Crippen LogP contribution in [0.5, 0.6) is 0 Å². The van der Waals surface area contributed by atoms with Crippen LogP contribution in [0.1, 0.15) is 19.3 Å². The van der Waals surface area contributed by atoms with E-state index < -0.39 is 0 Å². The summed E-state index contributed by atoms with van der Waals surface area (Å²) in [6, 6.07) is 0. The highest BCUT2D eigenvalue weighted by Crippen LogP contribution is 2.35. The molecular formula is C13H20BrN3O3. The molecule has 0 bridgehead atoms. The monoisotopic (exact) mass is 345 g/mol. The van der Waals surface area contributed by atoms with Crippen molar-refractivity contribution in [1.82, 2.24) is 9.78 Å². The summed E-state index contributed by atoms with van der Waals surface area (Å²) in [6.45, 7) is 1.58. The molecule has 1 saturated carbocycles. The number of nitrogens with zero attached hydrogens (tertiary/aromatic N) is 2. The lowest BCUT2D eigenvalue weighted by atomic mass is 9.80. The minimum Gasteiger partial charge on any atom is -0.383 e. The quantitative estimate of drug-likeness (QED) is 0.813. The van der Waals surface area contributed by atoms with Gasteiger partial charge < -0.3 is 14.8 Å². The lowest BCUT2D eigenvalue weighted by Gasteiger charge is -2.40. The fourth-order valence-corrected chi connectivity index (χ4v) is 2.65. The molecule has 0 saturated heterocycles. The fraction of sp³-hybridized carbons (Fsp3) is 0.692. The van der Waals surface area contributed by atoms with E-state index in [1.54, 1.807) is 20.4 Å². The number of hydrogen-bond acceptors (Lipinski definition) is 5. The van der Waals surface area contributed by atoms with Gasteiger partial charge in [0.15, 0.2) is 0 Å². The molecule has 0 atom stereocenters. The van der Waals surface area contributed by atoms with Crippen molar-refractivity contribution in [2.24, 2.45) is 0 Å². The van der Waals surface area contributed by atoms with E-state index in [9.17, 15) is 4.79 Å². The average molecular weight is 346 g/mol. The van der Waals surface area contributed by atoms with Crippen LogP contribution in [0.3, 0.4) is 0 Å². The normalized spacial score (nSPS) is 16.8. The molecule has 7 heteroatoms. The maximum Gasteiger partial charge on any atom is 0.283 e. The molecule has 0 aliphatic heterocycles. The topological polar surface area (TPSA) is 65.4 Å². The Morgan fingerprint density at radius 1 is 1.50 bits per heavy atom. The number of nitrogens with one attached hydrogen (secondary N) is 1. The first-order chi connectivity index (χ1) is 9.62. The molecule has 1 aromatic heterocycles. The van der Waals surface area contributed by atoms with E-state index in [0.29, 0.717) is 29.9 Å². The maximum atomic E-state index is 12.1. The Balaban J connectivity index is 2.05. The van der Waals surface area contributed by atoms with Crippen molar-refractivity contribution in [3.63, 3.8) is 0 Å². The number of aromatic nitrogens is 2. The lowest BCUT2D eigenvalue weighted by molar-refractivity contribution is -0.0601. The summed E-state index contributed by atoms with van der Waals surface area (Å²) in [5.74, 6) is 0. The number of anilines is 1. The summed E-state index contributed by atoms with van der Waals surface area (Å²) in [6.07, 6.45) is 4.94. The van der Waals surface area contributed by atoms with Crippen LogP contribution >= 0.6 is 15.9 Å². The second-order valence-electron chi connectivity index (χ2n) is 4.99. The van der Waals surface area contributed by atoms with Crippen molar-refractivity contribution in [2.45, 2.75) is 31.4 Å². The standard InChI is InChI=1S/C13H20BrN3O3/c1-19-7-6-17-12(18)11(14)10(8-16-17)15-9-13(20-2)4-3-5-13/h8,15H,3-7,9H2,1-2H3. The van der Waals surface area contributed by atoms with Crippen molar-refractivity contribution in [3.05, 3.63) is 21.0 Å². The molecule has 1 heterocycles. The molecular weight excluding hydrogens is 326 g/mol. The molecule has 1 N–H and O–H groups in total. The predicted molar refractivity (Wildman–Crippen MR) is 80.2 cm³/mol. The summed E-state index contributed by atoms with van der Waals surface area (Å²) < 4.78 is 12.4. The Hall–Kier alpha value is -0.920. The minimum atomic E-state index is -0.160. The number of methoxy groups -OCH3 is 2. The van der Waals surface area contributed by atoms with E-state index >= 15 is 0 Å². The molecule has 2 rings (SSSR count). The van der Waals surface area contributed by atoms with E-state index in [2.05, 4.69) is 26.3 Å². The maximum absolute atomic E-state index is 12.1. The molecule has 0 radical (unpaired) electrons. The van der Waals surface area contributed by atoms with E-state index in [4.69, 9.17) is 9.47 Å². The van der Waals surface area contributed by atoms with Gasteiger partial charge in [0.1, 0.15) is 4.47 Å². The summed E-state index contributed by atoms with van der Waals surface area (Å²) in [4.78, 5) is 12.1. The smallest absolute Gasteiger partial charge is 0.283 e. The third-order valence-electron chi connectivity index (χ3n) is 3.79. The highest BCUT2D eigenvalue weighted by atomic mass is 79.9. The highest BCUT2D eigenvalue weighted by molar-refractivity contribution is 9.10. The van der Waals surface area contributed by atoms with Crippen LogP contribution < -0.4 is 10.9 Å². The van der Waals surface area contributed by atoms with Gasteiger partial charge in [-0.1, -0.05) is 0 Å². The summed E-state index contributed by atoms with van der Waals surface area (Å²) in [7, 11) is 3.33. The molecule has 0 spiro atoms. The summed E-state index contributed by atoms with van der Waals surface area (Å²) >= 11 is 3.34. The fourth-order valence-electron chi connectivity index (χ4n) is 2.21. The van der Waals surface area contributed by atoms with Crippen LogP contribution in [-0.2, 0) is 16.0 Å². The molecule has 1 aliphatic carbocycles. The zero-order chi connectivity index (χ0) is 14.6. The average Bonchev–Trinajstić information content (AvgIpc) is 2.41. The molecule has 112 valence electrons. The third-order valence-corrected chi connectivity index (χ3v) is 4.56. The molecule has 6 nitrogen and oxygen atoms in total. The molecule has 0 unspecified atom stereocenters. The minimum absolute atomic E-state index is 0.0929. The van der Waals surface area contributed by atoms with Gasteiger partial charge in [-0.2, -0.15) is 5.10 Å². The van der Waals surface area contributed by atoms with Gasteiger partial charge >= 0.3 is 0 Å². The van der Waals surface area contributed by atoms with Gasteiger partial charge in [0.05, 0.1) is 30.6 Å². The first-order valence-electron chi connectivity index (χ1n) is 6.65. The Morgan fingerprint density at radius 3 is 2.80 bits per heavy atom. The van der Waals surface area contributed by atoms with Gasteiger partial charge in [0.2, 0.25) is 0 Å². The van der Waals surface area contributed by atoms with Crippen LogP contribution in [0, 0.1) is 0 Å². The second-order valence-corrected chi connectivity index (χ2v) is 5.78. The number of halogens is 1. The van der Waals surface area contributed by atoms with Crippen LogP contribution in [0.25, 0.3) is 0 Å². The van der Waals surface area contributed by atoms with Gasteiger partial charge in [0, 0.05) is 20.8 Å². The number of hydrogen-bond donors (Lipinski definition) is 1.